The molecule has 1 unspecified atom stereocenters. The van der Waals surface area contributed by atoms with Crippen LogP contribution in [-0.4, -0.2) is 47.4 Å². The van der Waals surface area contributed by atoms with E-state index in [4.69, 9.17) is 14.6 Å². The van der Waals surface area contributed by atoms with Gasteiger partial charge in [0.2, 0.25) is 5.91 Å². The summed E-state index contributed by atoms with van der Waals surface area (Å²) in [6, 6.07) is 6.92. The number of anilines is 1. The zero-order valence-electron chi connectivity index (χ0n) is 17.7. The fraction of sp³-hybridized carbons (Fsp3) is 0.500. The van der Waals surface area contributed by atoms with E-state index < -0.39 is 6.04 Å². The van der Waals surface area contributed by atoms with Gasteiger partial charge in [-0.15, -0.1) is 0 Å². The van der Waals surface area contributed by atoms with Crippen LogP contribution in [0.25, 0.3) is 0 Å². The number of carbonyl (C=O) groups is 2. The summed E-state index contributed by atoms with van der Waals surface area (Å²) < 4.78 is 13.2. The van der Waals surface area contributed by atoms with Crippen molar-refractivity contribution in [2.75, 3.05) is 24.7 Å². The van der Waals surface area contributed by atoms with Gasteiger partial charge in [-0.3, -0.25) is 19.2 Å². The molecule has 1 aromatic heterocycles. The van der Waals surface area contributed by atoms with Gasteiger partial charge in [0.05, 0.1) is 24.6 Å². The van der Waals surface area contributed by atoms with Crippen LogP contribution in [0, 0.1) is 0 Å². The van der Waals surface area contributed by atoms with Crippen LogP contribution in [0.3, 0.4) is 0 Å². The molecule has 160 valence electrons. The van der Waals surface area contributed by atoms with Gasteiger partial charge in [0, 0.05) is 36.7 Å². The summed E-state index contributed by atoms with van der Waals surface area (Å²) in [5, 5.41) is 7.73. The molecule has 4 rings (SSSR count). The van der Waals surface area contributed by atoms with Crippen LogP contribution in [0.5, 0.6) is 5.75 Å². The molecule has 0 fully saturated rings. The van der Waals surface area contributed by atoms with E-state index in [1.54, 1.807) is 19.1 Å². The van der Waals surface area contributed by atoms with Gasteiger partial charge < -0.3 is 14.8 Å². The molecule has 0 saturated carbocycles. The predicted molar refractivity (Wildman–Crippen MR) is 112 cm³/mol. The topological polar surface area (TPSA) is 85.7 Å². The van der Waals surface area contributed by atoms with Gasteiger partial charge in [-0.05, 0) is 32.9 Å². The molecular weight excluding hydrogens is 384 g/mol. The van der Waals surface area contributed by atoms with Gasteiger partial charge in [0.15, 0.2) is 6.61 Å². The Morgan fingerprint density at radius 3 is 2.83 bits per heavy atom. The van der Waals surface area contributed by atoms with Crippen LogP contribution >= 0.6 is 0 Å². The molecule has 8 heteroatoms. The smallest absolute Gasteiger partial charge is 0.265 e. The van der Waals surface area contributed by atoms with Crippen LogP contribution in [0.15, 0.2) is 24.3 Å². The zero-order valence-corrected chi connectivity index (χ0v) is 17.7. The molecule has 2 aliphatic rings. The summed E-state index contributed by atoms with van der Waals surface area (Å²) in [4.78, 5) is 26.7. The number of hydrogen-bond acceptors (Lipinski definition) is 5. The number of rotatable bonds is 6. The molecule has 2 amide bonds. The minimum atomic E-state index is -0.631. The maximum Gasteiger partial charge on any atom is 0.265 e. The minimum absolute atomic E-state index is 0.0621. The number of nitrogens with one attached hydrogen (secondary N) is 1. The van der Waals surface area contributed by atoms with Crippen LogP contribution in [0.4, 0.5) is 5.69 Å². The van der Waals surface area contributed by atoms with Gasteiger partial charge in [-0.1, -0.05) is 12.1 Å². The standard InChI is InChI=1S/C22H28N4O4/c1-14(2)26-18-9-11-29-12-16(18)17(24-26)8-10-23-22(28)15(3)25-19-6-4-5-7-20(19)30-13-21(25)27/h4-7,14-15H,8-13H2,1-3H3,(H,23,28). The highest BCUT2D eigenvalue weighted by atomic mass is 16.5. The van der Waals surface area contributed by atoms with E-state index in [1.165, 1.54) is 10.6 Å². The largest absolute Gasteiger partial charge is 0.482 e. The van der Waals surface area contributed by atoms with E-state index in [0.717, 1.165) is 17.7 Å². The number of fused-ring (bicyclic) bond motifs is 2. The highest BCUT2D eigenvalue weighted by molar-refractivity contribution is 6.03. The number of hydrogen-bond donors (Lipinski definition) is 1. The van der Waals surface area contributed by atoms with Crippen molar-refractivity contribution in [3.05, 3.63) is 41.2 Å². The molecule has 1 N–H and O–H groups in total. The number of amides is 2. The molecule has 30 heavy (non-hydrogen) atoms. The summed E-state index contributed by atoms with van der Waals surface area (Å²) in [5.41, 5.74) is 3.98. The molecular formula is C22H28N4O4. The minimum Gasteiger partial charge on any atom is -0.482 e. The molecule has 2 aromatic rings. The summed E-state index contributed by atoms with van der Waals surface area (Å²) in [6.45, 7) is 7.64. The average Bonchev–Trinajstić information content (AvgIpc) is 3.12. The molecule has 0 saturated heterocycles. The first-order valence-corrected chi connectivity index (χ1v) is 10.5. The third-order valence-electron chi connectivity index (χ3n) is 5.59. The van der Waals surface area contributed by atoms with Crippen LogP contribution < -0.4 is 15.0 Å². The van der Waals surface area contributed by atoms with Crippen molar-refractivity contribution >= 4 is 17.5 Å². The first kappa shape index (κ1) is 20.4. The van der Waals surface area contributed by atoms with Crippen molar-refractivity contribution in [1.82, 2.24) is 15.1 Å². The predicted octanol–water partition coefficient (Wildman–Crippen LogP) is 2.01. The summed E-state index contributed by atoms with van der Waals surface area (Å²) in [7, 11) is 0. The Morgan fingerprint density at radius 2 is 2.03 bits per heavy atom. The molecule has 0 bridgehead atoms. The van der Waals surface area contributed by atoms with Crippen molar-refractivity contribution in [3.63, 3.8) is 0 Å². The molecule has 3 heterocycles. The Labute approximate surface area is 176 Å². The van der Waals surface area contributed by atoms with Crippen molar-refractivity contribution < 1.29 is 19.1 Å². The van der Waals surface area contributed by atoms with Crippen molar-refractivity contribution in [3.8, 4) is 5.75 Å². The zero-order chi connectivity index (χ0) is 21.3. The lowest BCUT2D eigenvalue weighted by Gasteiger charge is -2.33. The normalized spacial score (nSPS) is 16.7. The number of para-hydroxylation sites is 2. The molecule has 0 spiro atoms. The Balaban J connectivity index is 1.42. The number of aromatic nitrogens is 2. The molecule has 8 nitrogen and oxygen atoms in total. The molecule has 1 aromatic carbocycles. The average molecular weight is 412 g/mol. The Bertz CT molecular complexity index is 953. The maximum atomic E-state index is 12.8. The number of ether oxygens (including phenoxy) is 2. The first-order valence-electron chi connectivity index (χ1n) is 10.5. The first-order chi connectivity index (χ1) is 14.5. The van der Waals surface area contributed by atoms with Crippen LogP contribution in [0.1, 0.15) is 43.8 Å². The lowest BCUT2D eigenvalue weighted by atomic mass is 10.1. The highest BCUT2D eigenvalue weighted by Gasteiger charge is 2.32. The van der Waals surface area contributed by atoms with E-state index in [1.807, 2.05) is 12.1 Å². The van der Waals surface area contributed by atoms with E-state index in [2.05, 4.69) is 23.8 Å². The number of benzene rings is 1. The van der Waals surface area contributed by atoms with Crippen LogP contribution in [-0.2, 0) is 33.8 Å². The third-order valence-corrected chi connectivity index (χ3v) is 5.59. The summed E-state index contributed by atoms with van der Waals surface area (Å²) in [5.74, 6) is 0.189. The lowest BCUT2D eigenvalue weighted by molar-refractivity contribution is -0.127. The Morgan fingerprint density at radius 1 is 1.23 bits per heavy atom. The van der Waals surface area contributed by atoms with E-state index in [0.29, 0.717) is 37.6 Å². The lowest BCUT2D eigenvalue weighted by Crippen LogP contribution is -2.51. The number of carbonyl (C=O) groups excluding carboxylic acids is 2. The second kappa shape index (κ2) is 8.47. The second-order valence-electron chi connectivity index (χ2n) is 7.95. The Kier molecular flexibility index (Phi) is 5.76. The van der Waals surface area contributed by atoms with Gasteiger partial charge >= 0.3 is 0 Å². The van der Waals surface area contributed by atoms with Crippen molar-refractivity contribution in [2.24, 2.45) is 0 Å². The van der Waals surface area contributed by atoms with Gasteiger partial charge in [0.1, 0.15) is 11.8 Å². The Hall–Kier alpha value is -2.87. The van der Waals surface area contributed by atoms with Crippen molar-refractivity contribution in [2.45, 2.75) is 52.3 Å². The monoisotopic (exact) mass is 412 g/mol. The fourth-order valence-electron chi connectivity index (χ4n) is 4.07. The fourth-order valence-corrected chi connectivity index (χ4v) is 4.07. The maximum absolute atomic E-state index is 12.8. The molecule has 2 aliphatic heterocycles. The third kappa shape index (κ3) is 3.79. The van der Waals surface area contributed by atoms with E-state index in [9.17, 15) is 9.59 Å². The number of nitrogens with zero attached hydrogens (tertiary/aromatic N) is 3. The second-order valence-corrected chi connectivity index (χ2v) is 7.95. The van der Waals surface area contributed by atoms with Gasteiger partial charge in [0.25, 0.3) is 5.91 Å². The van der Waals surface area contributed by atoms with Gasteiger partial charge in [-0.2, -0.15) is 5.10 Å². The summed E-state index contributed by atoms with van der Waals surface area (Å²) >= 11 is 0. The highest BCUT2D eigenvalue weighted by Crippen LogP contribution is 2.32. The molecule has 0 radical (unpaired) electrons. The molecule has 0 aliphatic carbocycles. The SMILES string of the molecule is CC(C(=O)NCCc1nn(C(C)C)c2c1COCC2)N1C(=O)COc2ccccc21. The van der Waals surface area contributed by atoms with E-state index in [-0.39, 0.29) is 24.5 Å². The van der Waals surface area contributed by atoms with Crippen molar-refractivity contribution in [1.29, 1.82) is 0 Å². The van der Waals surface area contributed by atoms with E-state index >= 15 is 0 Å². The summed E-state index contributed by atoms with van der Waals surface area (Å²) in [6.07, 6.45) is 1.49. The van der Waals surface area contributed by atoms with Crippen LogP contribution in [0.2, 0.25) is 0 Å². The van der Waals surface area contributed by atoms with Gasteiger partial charge in [-0.25, -0.2) is 0 Å². The molecule has 1 atom stereocenters. The quantitative estimate of drug-likeness (QED) is 0.785.